The fourth-order valence-electron chi connectivity index (χ4n) is 2.77. The molecule has 6 nitrogen and oxygen atoms in total. The molecule has 0 aromatic heterocycles. The first-order valence-electron chi connectivity index (χ1n) is 7.96. The number of nitrogens with one attached hydrogen (secondary N) is 1. The molecule has 3 amide bonds. The van der Waals surface area contributed by atoms with Crippen molar-refractivity contribution in [3.63, 3.8) is 0 Å². The predicted octanol–water partition coefficient (Wildman–Crippen LogP) is 3.23. The van der Waals surface area contributed by atoms with Crippen molar-refractivity contribution in [1.82, 2.24) is 4.90 Å². The van der Waals surface area contributed by atoms with Gasteiger partial charge < -0.3 is 5.32 Å². The highest BCUT2D eigenvalue weighted by Crippen LogP contribution is 2.23. The van der Waals surface area contributed by atoms with E-state index in [0.29, 0.717) is 33.8 Å². The second-order valence-electron chi connectivity index (χ2n) is 5.76. The maximum absolute atomic E-state index is 12.2. The lowest BCUT2D eigenvalue weighted by Gasteiger charge is -2.13. The molecule has 2 aromatic rings. The Labute approximate surface area is 155 Å². The first-order valence-corrected chi connectivity index (χ1v) is 8.34. The molecule has 26 heavy (non-hydrogen) atoms. The Morgan fingerprint density at radius 3 is 2.38 bits per heavy atom. The minimum absolute atomic E-state index is 0.102. The largest absolute Gasteiger partial charge is 0.325 e. The van der Waals surface area contributed by atoms with E-state index < -0.39 is 0 Å². The highest BCUT2D eigenvalue weighted by atomic mass is 35.5. The van der Waals surface area contributed by atoms with Gasteiger partial charge in [0.15, 0.2) is 0 Å². The number of amides is 3. The number of halogens is 1. The number of anilines is 1. The van der Waals surface area contributed by atoms with Crippen molar-refractivity contribution < 1.29 is 14.4 Å². The van der Waals surface area contributed by atoms with Gasteiger partial charge in [0.2, 0.25) is 5.91 Å². The monoisotopic (exact) mass is 367 g/mol. The summed E-state index contributed by atoms with van der Waals surface area (Å²) in [6, 6.07) is 13.2. The van der Waals surface area contributed by atoms with E-state index in [9.17, 15) is 14.4 Å². The summed E-state index contributed by atoms with van der Waals surface area (Å²) >= 11 is 5.88. The molecule has 130 valence electrons. The van der Waals surface area contributed by atoms with Crippen LogP contribution in [0.25, 0.3) is 0 Å². The standard InChI is InChI=1S/C19H14ClN3O3/c20-13-8-7-12(11-21)16(10-13)22-17(24)6-3-9-23-18(25)14-4-1-2-5-15(14)19(23)26/h1-2,4-5,7-8,10H,3,6,9H2,(H,22,24). The smallest absolute Gasteiger partial charge is 0.261 e. The van der Waals surface area contributed by atoms with Crippen LogP contribution in [0.5, 0.6) is 0 Å². The van der Waals surface area contributed by atoms with Gasteiger partial charge in [0.25, 0.3) is 11.8 Å². The van der Waals surface area contributed by atoms with E-state index in [1.807, 2.05) is 6.07 Å². The summed E-state index contributed by atoms with van der Waals surface area (Å²) < 4.78 is 0. The van der Waals surface area contributed by atoms with Crippen LogP contribution in [-0.4, -0.2) is 29.2 Å². The number of benzene rings is 2. The molecule has 0 spiro atoms. The number of carbonyl (C=O) groups is 3. The second kappa shape index (κ2) is 7.38. The van der Waals surface area contributed by atoms with Crippen LogP contribution < -0.4 is 5.32 Å². The van der Waals surface area contributed by atoms with Crippen molar-refractivity contribution in [2.45, 2.75) is 12.8 Å². The zero-order chi connectivity index (χ0) is 18.7. The summed E-state index contributed by atoms with van der Waals surface area (Å²) in [7, 11) is 0. The minimum Gasteiger partial charge on any atom is -0.325 e. The Morgan fingerprint density at radius 2 is 1.77 bits per heavy atom. The van der Waals surface area contributed by atoms with E-state index in [4.69, 9.17) is 16.9 Å². The number of hydrogen-bond acceptors (Lipinski definition) is 4. The van der Waals surface area contributed by atoms with Crippen molar-refractivity contribution in [3.05, 3.63) is 64.2 Å². The third-order valence-corrected chi connectivity index (χ3v) is 4.27. The zero-order valence-corrected chi connectivity index (χ0v) is 14.4. The quantitative estimate of drug-likeness (QED) is 0.821. The van der Waals surface area contributed by atoms with E-state index >= 15 is 0 Å². The van der Waals surface area contributed by atoms with Gasteiger partial charge in [-0.2, -0.15) is 5.26 Å². The Hall–Kier alpha value is -3.17. The molecule has 0 radical (unpaired) electrons. The van der Waals surface area contributed by atoms with Crippen molar-refractivity contribution in [1.29, 1.82) is 5.26 Å². The molecule has 2 aromatic carbocycles. The summed E-state index contributed by atoms with van der Waals surface area (Å²) in [5, 5.41) is 12.1. The highest BCUT2D eigenvalue weighted by Gasteiger charge is 2.34. The molecule has 0 fully saturated rings. The molecule has 0 aliphatic carbocycles. The number of imide groups is 1. The number of fused-ring (bicyclic) bond motifs is 1. The van der Waals surface area contributed by atoms with Crippen molar-refractivity contribution in [2.75, 3.05) is 11.9 Å². The van der Waals surface area contributed by atoms with Gasteiger partial charge in [0.05, 0.1) is 22.4 Å². The number of carbonyl (C=O) groups excluding carboxylic acids is 3. The van der Waals surface area contributed by atoms with Gasteiger partial charge in [-0.25, -0.2) is 0 Å². The highest BCUT2D eigenvalue weighted by molar-refractivity contribution is 6.31. The Kier molecular flexibility index (Phi) is 5.01. The van der Waals surface area contributed by atoms with Gasteiger partial charge in [-0.1, -0.05) is 23.7 Å². The summed E-state index contributed by atoms with van der Waals surface area (Å²) in [4.78, 5) is 37.7. The third-order valence-electron chi connectivity index (χ3n) is 4.04. The van der Waals surface area contributed by atoms with Crippen molar-refractivity contribution >= 4 is 35.0 Å². The fourth-order valence-corrected chi connectivity index (χ4v) is 2.94. The van der Waals surface area contributed by atoms with Crippen LogP contribution in [0, 0.1) is 11.3 Å². The molecule has 3 rings (SSSR count). The molecule has 0 atom stereocenters. The van der Waals surface area contributed by atoms with Gasteiger partial charge in [0.1, 0.15) is 6.07 Å². The van der Waals surface area contributed by atoms with Gasteiger partial charge >= 0.3 is 0 Å². The molecule has 1 N–H and O–H groups in total. The molecule has 1 heterocycles. The fraction of sp³-hybridized carbons (Fsp3) is 0.158. The number of hydrogen-bond donors (Lipinski definition) is 1. The average Bonchev–Trinajstić information content (AvgIpc) is 2.87. The molecule has 0 saturated heterocycles. The molecule has 0 unspecified atom stereocenters. The summed E-state index contributed by atoms with van der Waals surface area (Å²) in [5.41, 5.74) is 1.42. The predicted molar refractivity (Wildman–Crippen MR) is 95.8 cm³/mol. The van der Waals surface area contributed by atoms with Crippen LogP contribution in [-0.2, 0) is 4.79 Å². The Balaban J connectivity index is 1.57. The van der Waals surface area contributed by atoms with E-state index in [2.05, 4.69) is 5.32 Å². The number of nitrogens with zero attached hydrogens (tertiary/aromatic N) is 2. The summed E-state index contributed by atoms with van der Waals surface area (Å²) in [6.07, 6.45) is 0.421. The third kappa shape index (κ3) is 3.44. The molecule has 1 aliphatic rings. The van der Waals surface area contributed by atoms with Crippen molar-refractivity contribution in [3.8, 4) is 6.07 Å². The van der Waals surface area contributed by atoms with Crippen LogP contribution in [0.2, 0.25) is 5.02 Å². The topological polar surface area (TPSA) is 90.3 Å². The normalized spacial score (nSPS) is 12.7. The zero-order valence-electron chi connectivity index (χ0n) is 13.7. The lowest BCUT2D eigenvalue weighted by atomic mass is 10.1. The first kappa shape index (κ1) is 17.6. The summed E-state index contributed by atoms with van der Waals surface area (Å²) in [5.74, 6) is -0.999. The van der Waals surface area contributed by atoms with E-state index in [1.165, 1.54) is 12.1 Å². The minimum atomic E-state index is -0.340. The molecular formula is C19H14ClN3O3. The molecular weight excluding hydrogens is 354 g/mol. The Morgan fingerprint density at radius 1 is 1.12 bits per heavy atom. The van der Waals surface area contributed by atoms with E-state index in [-0.39, 0.29) is 30.7 Å². The maximum Gasteiger partial charge on any atom is 0.261 e. The maximum atomic E-state index is 12.2. The average molecular weight is 368 g/mol. The van der Waals surface area contributed by atoms with E-state index in [0.717, 1.165) is 4.90 Å². The first-order chi connectivity index (χ1) is 12.5. The lowest BCUT2D eigenvalue weighted by molar-refractivity contribution is -0.116. The van der Waals surface area contributed by atoms with Gasteiger partial charge in [-0.3, -0.25) is 19.3 Å². The van der Waals surface area contributed by atoms with Crippen molar-refractivity contribution in [2.24, 2.45) is 0 Å². The van der Waals surface area contributed by atoms with Crippen LogP contribution in [0.15, 0.2) is 42.5 Å². The molecule has 0 bridgehead atoms. The van der Waals surface area contributed by atoms with Crippen LogP contribution in [0.4, 0.5) is 5.69 Å². The SMILES string of the molecule is N#Cc1ccc(Cl)cc1NC(=O)CCCN1C(=O)c2ccccc2C1=O. The number of rotatable bonds is 5. The van der Waals surface area contributed by atoms with Crippen LogP contribution >= 0.6 is 11.6 Å². The van der Waals surface area contributed by atoms with Crippen LogP contribution in [0.1, 0.15) is 39.1 Å². The second-order valence-corrected chi connectivity index (χ2v) is 6.20. The van der Waals surface area contributed by atoms with Gasteiger partial charge in [0, 0.05) is 18.0 Å². The lowest BCUT2D eigenvalue weighted by Crippen LogP contribution is -2.31. The van der Waals surface area contributed by atoms with Crippen LogP contribution in [0.3, 0.4) is 0 Å². The molecule has 0 saturated carbocycles. The molecule has 1 aliphatic heterocycles. The number of nitriles is 1. The van der Waals surface area contributed by atoms with E-state index in [1.54, 1.807) is 30.3 Å². The Bertz CT molecular complexity index is 914. The summed E-state index contributed by atoms with van der Waals surface area (Å²) in [6.45, 7) is 0.153. The van der Waals surface area contributed by atoms with Gasteiger partial charge in [-0.15, -0.1) is 0 Å². The van der Waals surface area contributed by atoms with Gasteiger partial charge in [-0.05, 0) is 36.8 Å². The molecule has 7 heteroatoms.